The van der Waals surface area contributed by atoms with Gasteiger partial charge in [0, 0.05) is 39.6 Å². The minimum Gasteiger partial charge on any atom is -0.480 e. The highest BCUT2D eigenvalue weighted by Crippen LogP contribution is 2.29. The highest BCUT2D eigenvalue weighted by Gasteiger charge is 2.45. The lowest BCUT2D eigenvalue weighted by Crippen LogP contribution is -2.62. The molecule has 2 heterocycles. The van der Waals surface area contributed by atoms with Crippen LogP contribution in [0.5, 0.6) is 0 Å². The third kappa shape index (κ3) is 2.96. The van der Waals surface area contributed by atoms with E-state index in [0.29, 0.717) is 39.1 Å². The van der Waals surface area contributed by atoms with Crippen LogP contribution in [0.4, 0.5) is 4.79 Å². The molecular weight excluding hydrogens is 274 g/mol. The number of urea groups is 1. The molecule has 0 aromatic carbocycles. The molecule has 1 N–H and O–H groups in total. The highest BCUT2D eigenvalue weighted by atomic mass is 16.4. The summed E-state index contributed by atoms with van der Waals surface area (Å²) in [7, 11) is 0. The number of likely N-dealkylation sites (tertiary alicyclic amines) is 1. The second-order valence-electron chi connectivity index (χ2n) is 5.96. The normalized spacial score (nSPS) is 26.7. The maximum atomic E-state index is 12.6. The van der Waals surface area contributed by atoms with Crippen molar-refractivity contribution in [1.29, 1.82) is 0 Å². The van der Waals surface area contributed by atoms with Gasteiger partial charge in [0.15, 0.2) is 0 Å². The number of amides is 3. The zero-order valence-electron chi connectivity index (χ0n) is 12.7. The molecular formula is C14H23N3O4. The summed E-state index contributed by atoms with van der Waals surface area (Å²) in [6, 6.07) is -0.220. The summed E-state index contributed by atoms with van der Waals surface area (Å²) in [6.45, 7) is 5.57. The fourth-order valence-electron chi connectivity index (χ4n) is 3.03. The zero-order valence-corrected chi connectivity index (χ0v) is 12.7. The molecule has 2 rings (SSSR count). The van der Waals surface area contributed by atoms with Gasteiger partial charge in [0.2, 0.25) is 5.91 Å². The quantitative estimate of drug-likeness (QED) is 0.768. The van der Waals surface area contributed by atoms with Crippen LogP contribution in [0.15, 0.2) is 0 Å². The molecule has 0 aromatic rings. The number of hydrogen-bond donors (Lipinski definition) is 1. The van der Waals surface area contributed by atoms with E-state index in [-0.39, 0.29) is 11.9 Å². The Kier molecular flexibility index (Phi) is 4.39. The summed E-state index contributed by atoms with van der Waals surface area (Å²) in [5.74, 6) is -0.937. The van der Waals surface area contributed by atoms with Gasteiger partial charge in [0.1, 0.15) is 5.54 Å². The summed E-state index contributed by atoms with van der Waals surface area (Å²) in [6.07, 6.45) is 2.15. The Morgan fingerprint density at radius 1 is 0.952 bits per heavy atom. The smallest absolute Gasteiger partial charge is 0.329 e. The van der Waals surface area contributed by atoms with Crippen molar-refractivity contribution < 1.29 is 19.5 Å². The Morgan fingerprint density at radius 2 is 1.52 bits per heavy atom. The summed E-state index contributed by atoms with van der Waals surface area (Å²) in [4.78, 5) is 40.3. The van der Waals surface area contributed by atoms with E-state index in [0.717, 1.165) is 12.8 Å². The lowest BCUT2D eigenvalue weighted by Gasteiger charge is -2.45. The van der Waals surface area contributed by atoms with Crippen LogP contribution in [0.25, 0.3) is 0 Å². The predicted molar refractivity (Wildman–Crippen MR) is 75.8 cm³/mol. The summed E-state index contributed by atoms with van der Waals surface area (Å²) in [5, 5.41) is 9.46. The number of carboxylic acids is 1. The topological polar surface area (TPSA) is 81.2 Å². The fraction of sp³-hybridized carbons (Fsp3) is 0.786. The number of carboxylic acid groups (broad SMARTS) is 1. The molecule has 0 radical (unpaired) electrons. The van der Waals surface area contributed by atoms with Gasteiger partial charge in [-0.15, -0.1) is 0 Å². The predicted octanol–water partition coefficient (Wildman–Crippen LogP) is 0.600. The van der Waals surface area contributed by atoms with Gasteiger partial charge in [-0.1, -0.05) is 0 Å². The molecule has 1 atom stereocenters. The average molecular weight is 297 g/mol. The number of rotatable bonds is 1. The SMILES string of the molecule is CC(=O)N1CCN(C(=O)N2CCCCC2(C)C(=O)O)CC1. The molecule has 7 nitrogen and oxygen atoms in total. The Morgan fingerprint density at radius 3 is 2.05 bits per heavy atom. The van der Waals surface area contributed by atoms with E-state index in [4.69, 9.17) is 0 Å². The Labute approximate surface area is 124 Å². The van der Waals surface area contributed by atoms with Gasteiger partial charge >= 0.3 is 12.0 Å². The number of nitrogens with zero attached hydrogens (tertiary/aromatic N) is 3. The molecule has 0 spiro atoms. The highest BCUT2D eigenvalue weighted by molar-refractivity contribution is 5.86. The molecule has 3 amide bonds. The van der Waals surface area contributed by atoms with Crippen molar-refractivity contribution in [3.63, 3.8) is 0 Å². The van der Waals surface area contributed by atoms with Gasteiger partial charge in [0.25, 0.3) is 0 Å². The number of hydrogen-bond acceptors (Lipinski definition) is 3. The van der Waals surface area contributed by atoms with Gasteiger partial charge in [0.05, 0.1) is 0 Å². The van der Waals surface area contributed by atoms with Crippen LogP contribution in [-0.4, -0.2) is 76.0 Å². The first-order valence-electron chi connectivity index (χ1n) is 7.42. The van der Waals surface area contributed by atoms with E-state index >= 15 is 0 Å². The molecule has 0 aliphatic carbocycles. The first-order valence-corrected chi connectivity index (χ1v) is 7.42. The standard InChI is InChI=1S/C14H23N3O4/c1-11(18)15-7-9-16(10-8-15)13(21)17-6-4-3-5-14(17,2)12(19)20/h3-10H2,1-2H3,(H,19,20). The Balaban J connectivity index is 2.05. The second kappa shape index (κ2) is 5.91. The molecule has 2 saturated heterocycles. The third-order valence-electron chi connectivity index (χ3n) is 4.58. The first-order chi connectivity index (χ1) is 9.86. The molecule has 21 heavy (non-hydrogen) atoms. The summed E-state index contributed by atoms with van der Waals surface area (Å²) < 4.78 is 0. The van der Waals surface area contributed by atoms with E-state index < -0.39 is 11.5 Å². The molecule has 118 valence electrons. The molecule has 0 saturated carbocycles. The van der Waals surface area contributed by atoms with Gasteiger partial charge in [-0.05, 0) is 26.2 Å². The number of piperidine rings is 1. The van der Waals surface area contributed by atoms with Gasteiger partial charge in [-0.2, -0.15) is 0 Å². The minimum atomic E-state index is -1.12. The number of aliphatic carboxylic acids is 1. The monoisotopic (exact) mass is 297 g/mol. The molecule has 2 aliphatic heterocycles. The van der Waals surface area contributed by atoms with Crippen molar-refractivity contribution in [1.82, 2.24) is 14.7 Å². The molecule has 1 unspecified atom stereocenters. The minimum absolute atomic E-state index is 0.00967. The van der Waals surface area contributed by atoms with Crippen LogP contribution in [0.1, 0.15) is 33.1 Å². The van der Waals surface area contributed by atoms with Gasteiger partial charge in [-0.25, -0.2) is 9.59 Å². The van der Waals surface area contributed by atoms with Crippen molar-refractivity contribution in [2.75, 3.05) is 32.7 Å². The van der Waals surface area contributed by atoms with E-state index in [2.05, 4.69) is 0 Å². The van der Waals surface area contributed by atoms with Crippen molar-refractivity contribution >= 4 is 17.9 Å². The largest absolute Gasteiger partial charge is 0.480 e. The average Bonchev–Trinajstić information content (AvgIpc) is 2.47. The van der Waals surface area contributed by atoms with Crippen LogP contribution in [0.3, 0.4) is 0 Å². The van der Waals surface area contributed by atoms with Gasteiger partial charge in [-0.3, -0.25) is 4.79 Å². The molecule has 0 bridgehead atoms. The van der Waals surface area contributed by atoms with Crippen molar-refractivity contribution in [2.45, 2.75) is 38.6 Å². The van der Waals surface area contributed by atoms with Crippen molar-refractivity contribution in [3.8, 4) is 0 Å². The maximum absolute atomic E-state index is 12.6. The van der Waals surface area contributed by atoms with Crippen LogP contribution < -0.4 is 0 Å². The summed E-state index contributed by atoms with van der Waals surface area (Å²) in [5.41, 5.74) is -1.12. The van der Waals surface area contributed by atoms with Crippen molar-refractivity contribution in [2.24, 2.45) is 0 Å². The maximum Gasteiger partial charge on any atom is 0.329 e. The Hall–Kier alpha value is -1.79. The Bertz CT molecular complexity index is 446. The van der Waals surface area contributed by atoms with Crippen molar-refractivity contribution in [3.05, 3.63) is 0 Å². The number of piperazine rings is 1. The molecule has 0 aromatic heterocycles. The van der Waals surface area contributed by atoms with Crippen LogP contribution in [0, 0.1) is 0 Å². The van der Waals surface area contributed by atoms with Crippen LogP contribution in [0.2, 0.25) is 0 Å². The lowest BCUT2D eigenvalue weighted by atomic mass is 9.89. The van der Waals surface area contributed by atoms with Crippen LogP contribution in [-0.2, 0) is 9.59 Å². The fourth-order valence-corrected chi connectivity index (χ4v) is 3.03. The van der Waals surface area contributed by atoms with E-state index in [1.54, 1.807) is 16.7 Å². The van der Waals surface area contributed by atoms with E-state index in [9.17, 15) is 19.5 Å². The zero-order chi connectivity index (χ0) is 15.6. The van der Waals surface area contributed by atoms with Crippen LogP contribution >= 0.6 is 0 Å². The lowest BCUT2D eigenvalue weighted by molar-refractivity contribution is -0.150. The molecule has 2 fully saturated rings. The number of carbonyl (C=O) groups is 3. The molecule has 2 aliphatic rings. The number of carbonyl (C=O) groups excluding carboxylic acids is 2. The molecule has 7 heteroatoms. The van der Waals surface area contributed by atoms with E-state index in [1.807, 2.05) is 0 Å². The first kappa shape index (κ1) is 15.6. The van der Waals surface area contributed by atoms with E-state index in [1.165, 1.54) is 11.8 Å². The van der Waals surface area contributed by atoms with Gasteiger partial charge < -0.3 is 19.8 Å². The third-order valence-corrected chi connectivity index (χ3v) is 4.58. The summed E-state index contributed by atoms with van der Waals surface area (Å²) >= 11 is 0. The second-order valence-corrected chi connectivity index (χ2v) is 5.96.